The maximum Gasteiger partial charge on any atom is 0.220 e. The first kappa shape index (κ1) is 13.9. The highest BCUT2D eigenvalue weighted by molar-refractivity contribution is 5.75. The summed E-state index contributed by atoms with van der Waals surface area (Å²) in [5.41, 5.74) is 4.96. The summed E-state index contributed by atoms with van der Waals surface area (Å²) in [5, 5.41) is 11.5. The van der Waals surface area contributed by atoms with Crippen LogP contribution in [0.25, 0.3) is 0 Å². The maximum atomic E-state index is 11.4. The summed E-state index contributed by atoms with van der Waals surface area (Å²) in [4.78, 5) is 11.4. The number of nitrogens with two attached hydrogens (primary N) is 1. The molecule has 0 saturated heterocycles. The van der Waals surface area contributed by atoms with Crippen LogP contribution in [0.15, 0.2) is 0 Å². The molecular weight excluding hydrogens is 190 g/mol. The van der Waals surface area contributed by atoms with Crippen LogP contribution in [-0.4, -0.2) is 19.0 Å². The van der Waals surface area contributed by atoms with E-state index in [1.807, 2.05) is 6.92 Å². The quantitative estimate of drug-likeness (QED) is 0.688. The molecule has 1 amide bonds. The van der Waals surface area contributed by atoms with E-state index in [2.05, 4.69) is 11.4 Å². The van der Waals surface area contributed by atoms with E-state index in [0.717, 1.165) is 6.42 Å². The van der Waals surface area contributed by atoms with Crippen LogP contribution in [0, 0.1) is 22.7 Å². The van der Waals surface area contributed by atoms with E-state index < -0.39 is 5.41 Å². The van der Waals surface area contributed by atoms with Gasteiger partial charge >= 0.3 is 0 Å². The van der Waals surface area contributed by atoms with Gasteiger partial charge < -0.3 is 11.1 Å². The Balaban J connectivity index is 3.73. The lowest BCUT2D eigenvalue weighted by atomic mass is 9.96. The van der Waals surface area contributed by atoms with Gasteiger partial charge in [0.25, 0.3) is 0 Å². The second kappa shape index (κ2) is 6.41. The van der Waals surface area contributed by atoms with Crippen molar-refractivity contribution in [2.75, 3.05) is 13.1 Å². The van der Waals surface area contributed by atoms with Gasteiger partial charge in [0.2, 0.25) is 5.91 Å². The highest BCUT2D eigenvalue weighted by Gasteiger charge is 2.17. The Kier molecular flexibility index (Phi) is 5.95. The molecule has 86 valence electrons. The lowest BCUT2D eigenvalue weighted by molar-refractivity contribution is -0.121. The average molecular weight is 211 g/mol. The van der Waals surface area contributed by atoms with Crippen molar-refractivity contribution < 1.29 is 4.79 Å². The summed E-state index contributed by atoms with van der Waals surface area (Å²) in [6.07, 6.45) is 1.29. The minimum atomic E-state index is -0.491. The molecule has 0 spiro atoms. The molecule has 4 nitrogen and oxygen atoms in total. The molecule has 0 aromatic carbocycles. The van der Waals surface area contributed by atoms with E-state index in [1.165, 1.54) is 0 Å². The van der Waals surface area contributed by atoms with Crippen LogP contribution >= 0.6 is 0 Å². The van der Waals surface area contributed by atoms with Gasteiger partial charge in [-0.15, -0.1) is 0 Å². The van der Waals surface area contributed by atoms with Crippen LogP contribution in [0.5, 0.6) is 0 Å². The van der Waals surface area contributed by atoms with E-state index in [9.17, 15) is 4.79 Å². The Bertz CT molecular complexity index is 243. The van der Waals surface area contributed by atoms with Crippen molar-refractivity contribution in [2.24, 2.45) is 17.1 Å². The summed E-state index contributed by atoms with van der Waals surface area (Å²) in [7, 11) is 0. The SMILES string of the molecule is CC(CN)CCC(=O)NCC(C)(C)C#N. The zero-order chi connectivity index (χ0) is 11.9. The van der Waals surface area contributed by atoms with Crippen molar-refractivity contribution in [3.63, 3.8) is 0 Å². The number of nitrogens with zero attached hydrogens (tertiary/aromatic N) is 1. The van der Waals surface area contributed by atoms with Crippen molar-refractivity contribution in [3.8, 4) is 6.07 Å². The summed E-state index contributed by atoms with van der Waals surface area (Å²) < 4.78 is 0. The second-order valence-electron chi connectivity index (χ2n) is 4.65. The number of carbonyl (C=O) groups excluding carboxylic acids is 1. The van der Waals surface area contributed by atoms with Crippen LogP contribution in [0.3, 0.4) is 0 Å². The molecule has 0 fully saturated rings. The fourth-order valence-electron chi connectivity index (χ4n) is 0.943. The van der Waals surface area contributed by atoms with E-state index in [-0.39, 0.29) is 5.91 Å². The third-order valence-electron chi connectivity index (χ3n) is 2.30. The second-order valence-corrected chi connectivity index (χ2v) is 4.65. The lowest BCUT2D eigenvalue weighted by Gasteiger charge is -2.16. The first-order valence-electron chi connectivity index (χ1n) is 5.29. The molecule has 0 aliphatic carbocycles. The average Bonchev–Trinajstić information content (AvgIpc) is 2.23. The van der Waals surface area contributed by atoms with Crippen LogP contribution in [0.2, 0.25) is 0 Å². The van der Waals surface area contributed by atoms with Gasteiger partial charge in [0, 0.05) is 13.0 Å². The minimum Gasteiger partial charge on any atom is -0.355 e. The number of amides is 1. The van der Waals surface area contributed by atoms with E-state index in [0.29, 0.717) is 25.4 Å². The van der Waals surface area contributed by atoms with Crippen molar-refractivity contribution in [1.82, 2.24) is 5.32 Å². The molecule has 4 heteroatoms. The van der Waals surface area contributed by atoms with Gasteiger partial charge in [-0.05, 0) is 32.7 Å². The Labute approximate surface area is 91.8 Å². The molecule has 0 radical (unpaired) electrons. The molecular formula is C11H21N3O. The first-order valence-corrected chi connectivity index (χ1v) is 5.29. The Hall–Kier alpha value is -1.08. The molecule has 0 aliphatic heterocycles. The Morgan fingerprint density at radius 3 is 2.67 bits per heavy atom. The third kappa shape index (κ3) is 6.92. The van der Waals surface area contributed by atoms with Gasteiger partial charge in [-0.3, -0.25) is 4.79 Å². The third-order valence-corrected chi connectivity index (χ3v) is 2.30. The summed E-state index contributed by atoms with van der Waals surface area (Å²) in [6, 6.07) is 2.14. The summed E-state index contributed by atoms with van der Waals surface area (Å²) >= 11 is 0. The largest absolute Gasteiger partial charge is 0.355 e. The predicted molar refractivity (Wildman–Crippen MR) is 59.9 cm³/mol. The van der Waals surface area contributed by atoms with E-state index >= 15 is 0 Å². The molecule has 0 aromatic heterocycles. The van der Waals surface area contributed by atoms with Crippen molar-refractivity contribution >= 4 is 5.91 Å². The van der Waals surface area contributed by atoms with Crippen LogP contribution in [0.4, 0.5) is 0 Å². The van der Waals surface area contributed by atoms with E-state index in [4.69, 9.17) is 11.0 Å². The number of nitrogens with one attached hydrogen (secondary N) is 1. The van der Waals surface area contributed by atoms with Crippen LogP contribution in [-0.2, 0) is 4.79 Å². The van der Waals surface area contributed by atoms with Gasteiger partial charge in [-0.2, -0.15) is 5.26 Å². The molecule has 0 heterocycles. The number of rotatable bonds is 6. The molecule has 0 rings (SSSR count). The molecule has 3 N–H and O–H groups in total. The topological polar surface area (TPSA) is 78.9 Å². The Morgan fingerprint density at radius 1 is 1.60 bits per heavy atom. The highest BCUT2D eigenvalue weighted by Crippen LogP contribution is 2.11. The predicted octanol–water partition coefficient (Wildman–Crippen LogP) is 1.03. The van der Waals surface area contributed by atoms with Crippen molar-refractivity contribution in [2.45, 2.75) is 33.6 Å². The maximum absolute atomic E-state index is 11.4. The molecule has 1 atom stereocenters. The monoisotopic (exact) mass is 211 g/mol. The van der Waals surface area contributed by atoms with Gasteiger partial charge in [-0.1, -0.05) is 6.92 Å². The van der Waals surface area contributed by atoms with Crippen molar-refractivity contribution in [3.05, 3.63) is 0 Å². The fourth-order valence-corrected chi connectivity index (χ4v) is 0.943. The van der Waals surface area contributed by atoms with Crippen LogP contribution in [0.1, 0.15) is 33.6 Å². The zero-order valence-electron chi connectivity index (χ0n) is 9.84. The molecule has 15 heavy (non-hydrogen) atoms. The van der Waals surface area contributed by atoms with Gasteiger partial charge in [-0.25, -0.2) is 0 Å². The molecule has 0 saturated carbocycles. The van der Waals surface area contributed by atoms with Crippen molar-refractivity contribution in [1.29, 1.82) is 5.26 Å². The number of hydrogen-bond acceptors (Lipinski definition) is 3. The minimum absolute atomic E-state index is 0.00127. The molecule has 1 unspecified atom stereocenters. The van der Waals surface area contributed by atoms with Gasteiger partial charge in [0.15, 0.2) is 0 Å². The van der Waals surface area contributed by atoms with Gasteiger partial charge in [0.05, 0.1) is 11.5 Å². The number of nitriles is 1. The molecule has 0 aliphatic rings. The molecule has 0 aromatic rings. The molecule has 0 bridgehead atoms. The number of carbonyl (C=O) groups is 1. The highest BCUT2D eigenvalue weighted by atomic mass is 16.1. The van der Waals surface area contributed by atoms with Crippen LogP contribution < -0.4 is 11.1 Å². The zero-order valence-corrected chi connectivity index (χ0v) is 9.84. The fraction of sp³-hybridized carbons (Fsp3) is 0.818. The summed E-state index contributed by atoms with van der Waals surface area (Å²) in [5.74, 6) is 0.373. The standard InChI is InChI=1S/C11H21N3O/c1-9(6-12)4-5-10(15)14-8-11(2,3)7-13/h9H,4-6,8,12H2,1-3H3,(H,14,15). The van der Waals surface area contributed by atoms with E-state index in [1.54, 1.807) is 13.8 Å². The number of hydrogen-bond donors (Lipinski definition) is 2. The van der Waals surface area contributed by atoms with Gasteiger partial charge in [0.1, 0.15) is 0 Å². The Morgan fingerprint density at radius 2 is 2.20 bits per heavy atom. The summed E-state index contributed by atoms with van der Waals surface area (Å²) in [6.45, 7) is 6.63. The normalized spacial score (nSPS) is 13.0. The lowest BCUT2D eigenvalue weighted by Crippen LogP contribution is -2.33. The first-order chi connectivity index (χ1) is 6.91. The smallest absolute Gasteiger partial charge is 0.220 e.